The molecule has 0 amide bonds. The van der Waals surface area contributed by atoms with Gasteiger partial charge in [0.2, 0.25) is 0 Å². The van der Waals surface area contributed by atoms with Gasteiger partial charge >= 0.3 is 16.8 Å². The molecule has 7 N–H and O–H groups in total. The Balaban J connectivity index is 0.00000882. The molecule has 0 aromatic carbocycles. The van der Waals surface area contributed by atoms with Crippen molar-refractivity contribution in [1.82, 2.24) is 42.1 Å². The summed E-state index contributed by atoms with van der Waals surface area (Å²) in [5.74, 6) is 0. The summed E-state index contributed by atoms with van der Waals surface area (Å²) in [6, 6.07) is 0. The van der Waals surface area contributed by atoms with Crippen molar-refractivity contribution in [3.05, 3.63) is 0 Å². The smallest absolute Gasteiger partial charge is 0.315 e. The van der Waals surface area contributed by atoms with Crippen molar-refractivity contribution in [3.8, 4) is 0 Å². The maximum absolute atomic E-state index is 4.08. The van der Waals surface area contributed by atoms with E-state index in [4.69, 9.17) is 0 Å². The van der Waals surface area contributed by atoms with E-state index in [9.17, 15) is 0 Å². The van der Waals surface area contributed by atoms with Gasteiger partial charge in [0.25, 0.3) is 0 Å². The van der Waals surface area contributed by atoms with Crippen molar-refractivity contribution in [3.63, 3.8) is 0 Å². The Bertz CT molecular complexity index is 537. The van der Waals surface area contributed by atoms with Crippen molar-refractivity contribution in [2.45, 2.75) is 103 Å². The van der Waals surface area contributed by atoms with Gasteiger partial charge in [-0.05, 0) is 25.9 Å². The molecule has 3 aliphatic heterocycles. The van der Waals surface area contributed by atoms with Gasteiger partial charge in [-0.1, -0.05) is 85.0 Å². The number of rotatable bonds is 18. The van der Waals surface area contributed by atoms with Gasteiger partial charge in [-0.2, -0.15) is 0 Å². The largest absolute Gasteiger partial charge is 3.00 e. The summed E-state index contributed by atoms with van der Waals surface area (Å²) in [5, 5.41) is 26.7. The van der Waals surface area contributed by atoms with Crippen LogP contribution < -0.4 is 37.2 Å². The molecule has 3 aliphatic rings. The van der Waals surface area contributed by atoms with Crippen LogP contribution >= 0.6 is 0 Å². The second kappa shape index (κ2) is 26.4. The van der Waals surface area contributed by atoms with E-state index in [1.54, 1.807) is 0 Å². The minimum Gasteiger partial charge on any atom is -0.315 e. The van der Waals surface area contributed by atoms with Crippen LogP contribution in [0, 0.1) is 5.41 Å². The summed E-state index contributed by atoms with van der Waals surface area (Å²) in [6.45, 7) is 23.8. The molecule has 0 aromatic heterocycles. The second-order valence-corrected chi connectivity index (χ2v) is 13.5. The molecule has 0 aromatic rings. The fourth-order valence-corrected chi connectivity index (χ4v) is 6.29. The standard InChI is InChI=1S/C33H72N8.Co/c1-4-6-8-10-12-14-23-41(24-15-13-11-9-7-5-2)25-22-40-33-29-37-19-16-34-26-32(3,27-35-17-20-38-30-33)28-36-18-21-39-31-33;/h34-40H,4-31H2,1-3H3;/q;+3. The maximum atomic E-state index is 4.08. The Hall–Kier alpha value is 0.186. The van der Waals surface area contributed by atoms with Gasteiger partial charge in [0.1, 0.15) is 0 Å². The second-order valence-electron chi connectivity index (χ2n) is 13.5. The summed E-state index contributed by atoms with van der Waals surface area (Å²) in [6.07, 6.45) is 16.5. The molecular weight excluding hydrogens is 567 g/mol. The molecule has 8 nitrogen and oxygen atoms in total. The summed E-state index contributed by atoms with van der Waals surface area (Å²) in [7, 11) is 0. The average molecular weight is 640 g/mol. The summed E-state index contributed by atoms with van der Waals surface area (Å²) < 4.78 is 0. The number of nitrogens with one attached hydrogen (secondary N) is 7. The van der Waals surface area contributed by atoms with Crippen molar-refractivity contribution < 1.29 is 16.8 Å². The van der Waals surface area contributed by atoms with Crippen LogP contribution in [0.4, 0.5) is 0 Å². The molecule has 0 saturated carbocycles. The molecule has 0 unspecified atom stereocenters. The fraction of sp³-hybridized carbons (Fsp3) is 1.00. The van der Waals surface area contributed by atoms with E-state index in [0.717, 1.165) is 91.6 Å². The van der Waals surface area contributed by atoms with Gasteiger partial charge in [0, 0.05) is 97.0 Å². The van der Waals surface area contributed by atoms with Crippen LogP contribution in [0.25, 0.3) is 0 Å². The van der Waals surface area contributed by atoms with E-state index in [2.05, 4.69) is 62.9 Å². The molecular formula is C33H72CoN8+3. The van der Waals surface area contributed by atoms with Crippen molar-refractivity contribution >= 4 is 0 Å². The van der Waals surface area contributed by atoms with Gasteiger partial charge < -0.3 is 42.1 Å². The topological polar surface area (TPSA) is 87.5 Å². The number of hydrogen-bond acceptors (Lipinski definition) is 8. The van der Waals surface area contributed by atoms with Crippen LogP contribution in [0.1, 0.15) is 97.8 Å². The zero-order valence-corrected chi connectivity index (χ0v) is 29.1. The zero-order chi connectivity index (χ0) is 29.3. The predicted molar refractivity (Wildman–Crippen MR) is 179 cm³/mol. The average Bonchev–Trinajstić information content (AvgIpc) is 2.97. The third-order valence-electron chi connectivity index (χ3n) is 9.06. The summed E-state index contributed by atoms with van der Waals surface area (Å²) in [5.41, 5.74) is 0.213. The Labute approximate surface area is 271 Å². The summed E-state index contributed by atoms with van der Waals surface area (Å²) >= 11 is 0. The first kappa shape index (κ1) is 40.2. The van der Waals surface area contributed by atoms with Gasteiger partial charge in [0.05, 0.1) is 5.54 Å². The van der Waals surface area contributed by atoms with Gasteiger partial charge in [-0.15, -0.1) is 0 Å². The van der Waals surface area contributed by atoms with E-state index in [-0.39, 0.29) is 27.7 Å². The molecule has 0 radical (unpaired) electrons. The van der Waals surface area contributed by atoms with Crippen molar-refractivity contribution in [2.75, 3.05) is 105 Å². The van der Waals surface area contributed by atoms with Crippen LogP contribution in [-0.4, -0.2) is 115 Å². The predicted octanol–water partition coefficient (Wildman–Crippen LogP) is 2.91. The van der Waals surface area contributed by atoms with Crippen LogP contribution in [0.3, 0.4) is 0 Å². The molecule has 3 saturated heterocycles. The third-order valence-corrected chi connectivity index (χ3v) is 9.06. The van der Waals surface area contributed by atoms with E-state index in [1.807, 2.05) is 0 Å². The van der Waals surface area contributed by atoms with Crippen LogP contribution in [0.5, 0.6) is 0 Å². The van der Waals surface area contributed by atoms with E-state index < -0.39 is 0 Å². The molecule has 2 bridgehead atoms. The van der Waals surface area contributed by atoms with E-state index >= 15 is 0 Å². The first-order chi connectivity index (χ1) is 20.1. The molecule has 3 heterocycles. The number of nitrogens with zero attached hydrogens (tertiary/aromatic N) is 1. The molecule has 0 aliphatic carbocycles. The molecule has 0 spiro atoms. The van der Waals surface area contributed by atoms with Crippen molar-refractivity contribution in [1.29, 1.82) is 0 Å². The molecule has 3 rings (SSSR count). The first-order valence-electron chi connectivity index (χ1n) is 17.8. The molecule has 9 heteroatoms. The Kier molecular flexibility index (Phi) is 25.3. The van der Waals surface area contributed by atoms with Crippen LogP contribution in [0.15, 0.2) is 0 Å². The SMILES string of the molecule is CCCCCCCCN(CCCCCCCC)CCNC12CNCCNCC(C)(CNCCNC1)CNCCNC2.[Co+3]. The molecule has 0 atom stereocenters. The monoisotopic (exact) mass is 640 g/mol. The van der Waals surface area contributed by atoms with Gasteiger partial charge in [0.15, 0.2) is 0 Å². The Morgan fingerprint density at radius 1 is 0.500 bits per heavy atom. The third kappa shape index (κ3) is 19.5. The Morgan fingerprint density at radius 2 is 0.857 bits per heavy atom. The quantitative estimate of drug-likeness (QED) is 0.115. The fourth-order valence-electron chi connectivity index (χ4n) is 6.29. The Morgan fingerprint density at radius 3 is 1.26 bits per heavy atom. The van der Waals surface area contributed by atoms with E-state index in [1.165, 1.54) is 90.1 Å². The number of unbranched alkanes of at least 4 members (excludes halogenated alkanes) is 10. The van der Waals surface area contributed by atoms with Crippen LogP contribution in [0.2, 0.25) is 0 Å². The normalized spacial score (nSPS) is 25.1. The molecule has 3 fully saturated rings. The number of hydrogen-bond donors (Lipinski definition) is 7. The van der Waals surface area contributed by atoms with Gasteiger partial charge in [-0.25, -0.2) is 0 Å². The molecule has 250 valence electrons. The van der Waals surface area contributed by atoms with E-state index in [0.29, 0.717) is 0 Å². The first-order valence-corrected chi connectivity index (χ1v) is 17.8. The minimum atomic E-state index is -0.00523. The maximum Gasteiger partial charge on any atom is 3.00 e. The van der Waals surface area contributed by atoms with Gasteiger partial charge in [-0.3, -0.25) is 0 Å². The minimum absolute atomic E-state index is 0. The van der Waals surface area contributed by atoms with Crippen molar-refractivity contribution in [2.24, 2.45) is 5.41 Å². The zero-order valence-electron chi connectivity index (χ0n) is 28.1. The van der Waals surface area contributed by atoms with Crippen LogP contribution in [-0.2, 0) is 16.8 Å². The summed E-state index contributed by atoms with van der Waals surface area (Å²) in [4.78, 5) is 2.76. The number of fused-ring (bicyclic) bond motifs is 15. The molecule has 42 heavy (non-hydrogen) atoms.